The molecule has 5 rings (SSSR count). The minimum Gasteiger partial charge on any atom is -0.361 e. The Kier molecular flexibility index (Phi) is 3.79. The third-order valence-corrected chi connectivity index (χ3v) is 6.29. The molecule has 1 fully saturated rings. The maximum Gasteiger partial charge on any atom is 0.0460 e. The largest absolute Gasteiger partial charge is 0.361 e. The second-order valence-corrected chi connectivity index (χ2v) is 7.89. The zero-order valence-electron chi connectivity index (χ0n) is 15.1. The van der Waals surface area contributed by atoms with Crippen molar-refractivity contribution in [2.24, 2.45) is 0 Å². The van der Waals surface area contributed by atoms with Crippen LogP contribution in [0.5, 0.6) is 0 Å². The van der Waals surface area contributed by atoms with Gasteiger partial charge in [-0.25, -0.2) is 0 Å². The highest BCUT2D eigenvalue weighted by molar-refractivity contribution is 5.94. The van der Waals surface area contributed by atoms with Crippen molar-refractivity contribution >= 4 is 22.0 Å². The molecular weight excluding hydrogens is 306 g/mol. The van der Waals surface area contributed by atoms with Crippen molar-refractivity contribution < 1.29 is 0 Å². The maximum atomic E-state index is 3.48. The summed E-state index contributed by atoms with van der Waals surface area (Å²) in [6.07, 6.45) is 12.2. The molecule has 0 bridgehead atoms. The summed E-state index contributed by atoms with van der Waals surface area (Å²) in [6, 6.07) is 7.69. The number of rotatable bonds is 2. The Bertz CT molecular complexity index is 857. The molecular formula is C22H27N3. The summed E-state index contributed by atoms with van der Waals surface area (Å²) in [5.41, 5.74) is 7.14. The van der Waals surface area contributed by atoms with Gasteiger partial charge in [-0.05, 0) is 68.1 Å². The predicted molar refractivity (Wildman–Crippen MR) is 106 cm³/mol. The van der Waals surface area contributed by atoms with Gasteiger partial charge in [0.2, 0.25) is 0 Å². The number of fused-ring (bicyclic) bond motifs is 2. The fraction of sp³-hybridized carbons (Fsp3) is 0.455. The number of aromatic amines is 1. The molecule has 0 spiro atoms. The minimum absolute atomic E-state index is 0.682. The van der Waals surface area contributed by atoms with Gasteiger partial charge in [0.05, 0.1) is 0 Å². The van der Waals surface area contributed by atoms with Crippen molar-refractivity contribution in [2.45, 2.75) is 31.7 Å². The van der Waals surface area contributed by atoms with Crippen LogP contribution in [-0.4, -0.2) is 54.1 Å². The SMILES string of the molecule is CN1CC=C(c2c[nH]c3ccc(C4=C[C@H]5CCCN5CC4)cc23)CC1. The van der Waals surface area contributed by atoms with E-state index in [1.807, 2.05) is 0 Å². The van der Waals surface area contributed by atoms with Gasteiger partial charge in [0.15, 0.2) is 0 Å². The standard InChI is InChI=1S/C22H27N3/c1-24-10-6-16(7-11-24)21-15-23-22-5-4-17(14-20(21)22)18-8-12-25-9-2-3-19(25)13-18/h4-6,13-15,19,23H,2-3,7-12H2,1H3/t19-/m1/s1. The Morgan fingerprint density at radius 2 is 2.00 bits per heavy atom. The van der Waals surface area contributed by atoms with E-state index in [1.54, 1.807) is 5.57 Å². The van der Waals surface area contributed by atoms with E-state index in [9.17, 15) is 0 Å². The van der Waals surface area contributed by atoms with Crippen LogP contribution in [0.4, 0.5) is 0 Å². The molecule has 3 aliphatic heterocycles. The molecule has 1 atom stereocenters. The average molecular weight is 333 g/mol. The van der Waals surface area contributed by atoms with Crippen molar-refractivity contribution in [3.63, 3.8) is 0 Å². The molecule has 3 heteroatoms. The smallest absolute Gasteiger partial charge is 0.0460 e. The van der Waals surface area contributed by atoms with E-state index in [4.69, 9.17) is 0 Å². The summed E-state index contributed by atoms with van der Waals surface area (Å²) in [5.74, 6) is 0. The molecule has 1 saturated heterocycles. The molecule has 3 aliphatic rings. The lowest BCUT2D eigenvalue weighted by molar-refractivity contribution is 0.288. The van der Waals surface area contributed by atoms with Crippen LogP contribution in [0.1, 0.15) is 36.8 Å². The predicted octanol–water partition coefficient (Wildman–Crippen LogP) is 4.14. The van der Waals surface area contributed by atoms with Gasteiger partial charge < -0.3 is 9.88 Å². The molecule has 25 heavy (non-hydrogen) atoms. The minimum atomic E-state index is 0.682. The topological polar surface area (TPSA) is 22.3 Å². The van der Waals surface area contributed by atoms with E-state index < -0.39 is 0 Å². The Balaban J connectivity index is 1.52. The number of H-pyrrole nitrogens is 1. The summed E-state index contributed by atoms with van der Waals surface area (Å²) in [7, 11) is 2.20. The van der Waals surface area contributed by atoms with Gasteiger partial charge >= 0.3 is 0 Å². The number of hydrogen-bond acceptors (Lipinski definition) is 2. The van der Waals surface area contributed by atoms with E-state index in [0.29, 0.717) is 6.04 Å². The first kappa shape index (κ1) is 15.4. The van der Waals surface area contributed by atoms with Gasteiger partial charge in [-0.2, -0.15) is 0 Å². The third kappa shape index (κ3) is 2.76. The summed E-state index contributed by atoms with van der Waals surface area (Å²) in [6.45, 7) is 4.73. The number of hydrogen-bond donors (Lipinski definition) is 1. The number of nitrogens with one attached hydrogen (secondary N) is 1. The fourth-order valence-corrected chi connectivity index (χ4v) is 4.74. The van der Waals surface area contributed by atoms with Crippen LogP contribution in [0.2, 0.25) is 0 Å². The van der Waals surface area contributed by atoms with E-state index >= 15 is 0 Å². The monoisotopic (exact) mass is 333 g/mol. The molecule has 1 aromatic heterocycles. The summed E-state index contributed by atoms with van der Waals surface area (Å²) < 4.78 is 0. The normalized spacial score (nSPS) is 25.1. The zero-order valence-corrected chi connectivity index (χ0v) is 15.1. The Labute approximate surface area is 150 Å². The summed E-state index contributed by atoms with van der Waals surface area (Å²) >= 11 is 0. The molecule has 0 amide bonds. The lowest BCUT2D eigenvalue weighted by Gasteiger charge is -2.28. The first-order valence-corrected chi connectivity index (χ1v) is 9.72. The molecule has 1 N–H and O–H groups in total. The second kappa shape index (κ2) is 6.15. The molecule has 4 heterocycles. The Morgan fingerprint density at radius 3 is 2.88 bits per heavy atom. The second-order valence-electron chi connectivity index (χ2n) is 7.89. The fourth-order valence-electron chi connectivity index (χ4n) is 4.74. The number of nitrogens with zero attached hydrogens (tertiary/aromatic N) is 2. The van der Waals surface area contributed by atoms with Crippen LogP contribution < -0.4 is 0 Å². The Hall–Kier alpha value is -1.84. The van der Waals surface area contributed by atoms with Crippen LogP contribution in [0.3, 0.4) is 0 Å². The molecule has 0 radical (unpaired) electrons. The van der Waals surface area contributed by atoms with Crippen molar-refractivity contribution in [3.05, 3.63) is 47.7 Å². The van der Waals surface area contributed by atoms with Crippen LogP contribution >= 0.6 is 0 Å². The van der Waals surface area contributed by atoms with Crippen molar-refractivity contribution in [2.75, 3.05) is 33.2 Å². The molecule has 0 aliphatic carbocycles. The number of benzene rings is 1. The summed E-state index contributed by atoms with van der Waals surface area (Å²) in [5, 5.41) is 1.39. The Morgan fingerprint density at radius 1 is 1.08 bits per heavy atom. The van der Waals surface area contributed by atoms with Crippen molar-refractivity contribution in [1.82, 2.24) is 14.8 Å². The highest BCUT2D eigenvalue weighted by Crippen LogP contribution is 2.34. The summed E-state index contributed by atoms with van der Waals surface area (Å²) in [4.78, 5) is 8.51. The first-order chi connectivity index (χ1) is 12.3. The van der Waals surface area contributed by atoms with Gasteiger partial charge in [-0.15, -0.1) is 0 Å². The molecule has 0 unspecified atom stereocenters. The van der Waals surface area contributed by atoms with E-state index in [1.165, 1.54) is 60.0 Å². The zero-order chi connectivity index (χ0) is 16.8. The van der Waals surface area contributed by atoms with Gasteiger partial charge in [-0.3, -0.25) is 4.90 Å². The number of aromatic nitrogens is 1. The maximum absolute atomic E-state index is 3.48. The van der Waals surface area contributed by atoms with Gasteiger partial charge in [-0.1, -0.05) is 18.2 Å². The number of likely N-dealkylation sites (N-methyl/N-ethyl adjacent to an activating group) is 1. The highest BCUT2D eigenvalue weighted by atomic mass is 15.2. The molecule has 130 valence electrons. The molecule has 0 saturated carbocycles. The van der Waals surface area contributed by atoms with Crippen LogP contribution in [0.15, 0.2) is 36.5 Å². The lowest BCUT2D eigenvalue weighted by Crippen LogP contribution is -2.32. The van der Waals surface area contributed by atoms with Gasteiger partial charge in [0.25, 0.3) is 0 Å². The van der Waals surface area contributed by atoms with Crippen LogP contribution in [0.25, 0.3) is 22.0 Å². The molecule has 1 aromatic carbocycles. The lowest BCUT2D eigenvalue weighted by atomic mass is 9.93. The van der Waals surface area contributed by atoms with Gasteiger partial charge in [0, 0.05) is 48.3 Å². The van der Waals surface area contributed by atoms with E-state index in [0.717, 1.165) is 19.5 Å². The first-order valence-electron chi connectivity index (χ1n) is 9.72. The van der Waals surface area contributed by atoms with Crippen LogP contribution in [0, 0.1) is 0 Å². The molecule has 2 aromatic rings. The highest BCUT2D eigenvalue weighted by Gasteiger charge is 2.26. The molecule has 3 nitrogen and oxygen atoms in total. The quantitative estimate of drug-likeness (QED) is 0.892. The van der Waals surface area contributed by atoms with Gasteiger partial charge in [0.1, 0.15) is 0 Å². The van der Waals surface area contributed by atoms with E-state index in [2.05, 4.69) is 58.4 Å². The average Bonchev–Trinajstić information content (AvgIpc) is 3.28. The van der Waals surface area contributed by atoms with Crippen molar-refractivity contribution in [1.29, 1.82) is 0 Å². The van der Waals surface area contributed by atoms with E-state index in [-0.39, 0.29) is 0 Å². The van der Waals surface area contributed by atoms with Crippen molar-refractivity contribution in [3.8, 4) is 0 Å². The van der Waals surface area contributed by atoms with Crippen LogP contribution in [-0.2, 0) is 0 Å². The third-order valence-electron chi connectivity index (χ3n) is 6.29.